The predicted octanol–water partition coefficient (Wildman–Crippen LogP) is 2.63. The van der Waals surface area contributed by atoms with Gasteiger partial charge in [0.1, 0.15) is 0 Å². The van der Waals surface area contributed by atoms with Crippen LogP contribution in [-0.2, 0) is 19.5 Å². The summed E-state index contributed by atoms with van der Waals surface area (Å²) in [7, 11) is 0. The van der Waals surface area contributed by atoms with E-state index >= 15 is 0 Å². The van der Waals surface area contributed by atoms with E-state index in [-0.39, 0.29) is 11.5 Å². The van der Waals surface area contributed by atoms with Gasteiger partial charge in [-0.25, -0.2) is 4.98 Å². The van der Waals surface area contributed by atoms with Crippen molar-refractivity contribution in [3.8, 4) is 11.3 Å². The monoisotopic (exact) mass is 367 g/mol. The summed E-state index contributed by atoms with van der Waals surface area (Å²) in [6.07, 6.45) is 2.59. The Morgan fingerprint density at radius 1 is 1.27 bits per heavy atom. The van der Waals surface area contributed by atoms with Crippen molar-refractivity contribution in [1.29, 1.82) is 0 Å². The lowest BCUT2D eigenvalue weighted by atomic mass is 10.1. The van der Waals surface area contributed by atoms with Gasteiger partial charge >= 0.3 is 0 Å². The SMILES string of the molecule is Nc1nc2c(c(=O)[nH]1)CN(Cc1ccc(-c3cccc(Cl)c3)nc1)CC2. The standard InChI is InChI=1S/C19H18ClN5O/c20-14-3-1-2-13(8-14)16-5-4-12(9-22-16)10-25-7-6-17-15(11-25)18(26)24-19(21)23-17/h1-5,8-9H,6-7,10-11H2,(H3,21,23,24,26). The number of hydrogen-bond acceptors (Lipinski definition) is 5. The van der Waals surface area contributed by atoms with E-state index in [1.165, 1.54) is 0 Å². The molecule has 1 aromatic carbocycles. The maximum Gasteiger partial charge on any atom is 0.257 e. The quantitative estimate of drug-likeness (QED) is 0.743. The normalized spacial score (nSPS) is 14.2. The molecule has 0 spiro atoms. The Labute approximate surface area is 155 Å². The van der Waals surface area contributed by atoms with E-state index in [1.807, 2.05) is 36.5 Å². The van der Waals surface area contributed by atoms with E-state index in [0.717, 1.165) is 42.0 Å². The van der Waals surface area contributed by atoms with Crippen LogP contribution in [0.2, 0.25) is 5.02 Å². The number of halogens is 1. The summed E-state index contributed by atoms with van der Waals surface area (Å²) < 4.78 is 0. The number of benzene rings is 1. The number of hydrogen-bond donors (Lipinski definition) is 2. The van der Waals surface area contributed by atoms with E-state index in [1.54, 1.807) is 0 Å². The molecule has 0 aliphatic carbocycles. The van der Waals surface area contributed by atoms with Crippen molar-refractivity contribution in [2.45, 2.75) is 19.5 Å². The van der Waals surface area contributed by atoms with Crippen LogP contribution in [0, 0.1) is 0 Å². The number of nitrogen functional groups attached to an aromatic ring is 1. The fraction of sp³-hybridized carbons (Fsp3) is 0.211. The summed E-state index contributed by atoms with van der Waals surface area (Å²) >= 11 is 6.04. The van der Waals surface area contributed by atoms with Crippen LogP contribution in [0.1, 0.15) is 16.8 Å². The third kappa shape index (κ3) is 3.47. The predicted molar refractivity (Wildman–Crippen MR) is 102 cm³/mol. The van der Waals surface area contributed by atoms with Crippen LogP contribution in [-0.4, -0.2) is 26.4 Å². The number of nitrogens with two attached hydrogens (primary N) is 1. The van der Waals surface area contributed by atoms with Crippen LogP contribution < -0.4 is 11.3 Å². The summed E-state index contributed by atoms with van der Waals surface area (Å²) in [5.74, 6) is 0.183. The summed E-state index contributed by atoms with van der Waals surface area (Å²) in [6.45, 7) is 2.12. The largest absolute Gasteiger partial charge is 0.369 e. The Balaban J connectivity index is 1.49. The van der Waals surface area contributed by atoms with Crippen LogP contribution in [0.25, 0.3) is 11.3 Å². The molecule has 3 heterocycles. The molecule has 0 saturated carbocycles. The van der Waals surface area contributed by atoms with Crippen molar-refractivity contribution < 1.29 is 0 Å². The molecule has 26 heavy (non-hydrogen) atoms. The van der Waals surface area contributed by atoms with Crippen LogP contribution in [0.15, 0.2) is 47.4 Å². The number of H-pyrrole nitrogens is 1. The molecule has 1 aliphatic rings. The number of aromatic amines is 1. The third-order valence-electron chi connectivity index (χ3n) is 4.52. The fourth-order valence-corrected chi connectivity index (χ4v) is 3.42. The highest BCUT2D eigenvalue weighted by Gasteiger charge is 2.20. The maximum absolute atomic E-state index is 12.1. The molecule has 0 fully saturated rings. The smallest absolute Gasteiger partial charge is 0.257 e. The zero-order chi connectivity index (χ0) is 18.1. The first-order valence-electron chi connectivity index (χ1n) is 8.39. The van der Waals surface area contributed by atoms with Crippen molar-refractivity contribution in [2.24, 2.45) is 0 Å². The number of anilines is 1. The molecule has 3 aromatic rings. The van der Waals surface area contributed by atoms with Gasteiger partial charge in [0.15, 0.2) is 0 Å². The van der Waals surface area contributed by atoms with Gasteiger partial charge < -0.3 is 5.73 Å². The Morgan fingerprint density at radius 2 is 2.15 bits per heavy atom. The van der Waals surface area contributed by atoms with Gasteiger partial charge in [0.25, 0.3) is 5.56 Å². The highest BCUT2D eigenvalue weighted by Crippen LogP contribution is 2.22. The lowest BCUT2D eigenvalue weighted by Crippen LogP contribution is -2.35. The number of pyridine rings is 1. The van der Waals surface area contributed by atoms with Crippen molar-refractivity contribution in [2.75, 3.05) is 12.3 Å². The Morgan fingerprint density at radius 3 is 2.92 bits per heavy atom. The Kier molecular flexibility index (Phi) is 4.44. The van der Waals surface area contributed by atoms with Crippen molar-refractivity contribution >= 4 is 17.5 Å². The van der Waals surface area contributed by atoms with Gasteiger partial charge in [0.2, 0.25) is 5.95 Å². The highest BCUT2D eigenvalue weighted by molar-refractivity contribution is 6.30. The topological polar surface area (TPSA) is 87.9 Å². The molecule has 0 amide bonds. The molecule has 4 rings (SSSR count). The molecule has 0 unspecified atom stereocenters. The van der Waals surface area contributed by atoms with Gasteiger partial charge in [-0.05, 0) is 23.8 Å². The zero-order valence-electron chi connectivity index (χ0n) is 14.1. The van der Waals surface area contributed by atoms with Gasteiger partial charge in [0, 0.05) is 42.8 Å². The first-order valence-corrected chi connectivity index (χ1v) is 8.77. The molecule has 3 N–H and O–H groups in total. The number of aromatic nitrogens is 3. The molecule has 0 saturated heterocycles. The number of nitrogens with one attached hydrogen (secondary N) is 1. The second-order valence-corrected chi connectivity index (χ2v) is 6.84. The van der Waals surface area contributed by atoms with E-state index in [0.29, 0.717) is 17.1 Å². The zero-order valence-corrected chi connectivity index (χ0v) is 14.8. The highest BCUT2D eigenvalue weighted by atomic mass is 35.5. The summed E-state index contributed by atoms with van der Waals surface area (Å²) in [6, 6.07) is 11.7. The average Bonchev–Trinajstić information content (AvgIpc) is 2.63. The molecule has 0 atom stereocenters. The minimum Gasteiger partial charge on any atom is -0.369 e. The van der Waals surface area contributed by atoms with Gasteiger partial charge in [-0.15, -0.1) is 0 Å². The van der Waals surface area contributed by atoms with E-state index in [9.17, 15) is 4.79 Å². The molecule has 132 valence electrons. The summed E-state index contributed by atoms with van der Waals surface area (Å²) in [5.41, 5.74) is 9.95. The van der Waals surface area contributed by atoms with Crippen molar-refractivity contribution in [1.82, 2.24) is 19.9 Å². The van der Waals surface area contributed by atoms with Gasteiger partial charge in [-0.1, -0.05) is 29.8 Å². The molecule has 2 aromatic heterocycles. The first kappa shape index (κ1) is 16.8. The van der Waals surface area contributed by atoms with E-state index < -0.39 is 0 Å². The van der Waals surface area contributed by atoms with Crippen LogP contribution in [0.5, 0.6) is 0 Å². The second kappa shape index (κ2) is 6.90. The van der Waals surface area contributed by atoms with Crippen LogP contribution >= 0.6 is 11.6 Å². The van der Waals surface area contributed by atoms with Gasteiger partial charge in [-0.2, -0.15) is 0 Å². The molecule has 7 heteroatoms. The summed E-state index contributed by atoms with van der Waals surface area (Å²) in [4.78, 5) is 25.7. The second-order valence-electron chi connectivity index (χ2n) is 6.40. The molecular weight excluding hydrogens is 350 g/mol. The van der Waals surface area contributed by atoms with Crippen molar-refractivity contribution in [3.63, 3.8) is 0 Å². The fourth-order valence-electron chi connectivity index (χ4n) is 3.23. The van der Waals surface area contributed by atoms with Crippen LogP contribution in [0.4, 0.5) is 5.95 Å². The molecule has 1 aliphatic heterocycles. The number of nitrogens with zero attached hydrogens (tertiary/aromatic N) is 3. The maximum atomic E-state index is 12.1. The van der Waals surface area contributed by atoms with Crippen molar-refractivity contribution in [3.05, 3.63) is 74.8 Å². The Hall–Kier alpha value is -2.70. The lowest BCUT2D eigenvalue weighted by Gasteiger charge is -2.27. The van der Waals surface area contributed by atoms with E-state index in [4.69, 9.17) is 17.3 Å². The van der Waals surface area contributed by atoms with Gasteiger partial charge in [-0.3, -0.25) is 19.7 Å². The minimum absolute atomic E-state index is 0.147. The molecular formula is C19H18ClN5O. The lowest BCUT2D eigenvalue weighted by molar-refractivity contribution is 0.241. The van der Waals surface area contributed by atoms with Gasteiger partial charge in [0.05, 0.1) is 17.0 Å². The molecule has 6 nitrogen and oxygen atoms in total. The van der Waals surface area contributed by atoms with E-state index in [2.05, 4.69) is 25.9 Å². The molecule has 0 bridgehead atoms. The Bertz CT molecular complexity index is 1000. The number of rotatable bonds is 3. The summed E-state index contributed by atoms with van der Waals surface area (Å²) in [5, 5.41) is 0.694. The molecule has 0 radical (unpaired) electrons. The first-order chi connectivity index (χ1) is 12.6. The minimum atomic E-state index is -0.147. The van der Waals surface area contributed by atoms with Crippen LogP contribution in [0.3, 0.4) is 0 Å². The average molecular weight is 368 g/mol. The number of fused-ring (bicyclic) bond motifs is 1. The third-order valence-corrected chi connectivity index (χ3v) is 4.75.